The number of unbranched alkanes of at least 4 members (excludes halogenated alkanes) is 33. The van der Waals surface area contributed by atoms with Crippen LogP contribution in [0, 0.1) is 11.8 Å². The fourth-order valence-corrected chi connectivity index (χ4v) is 15.6. The number of carbonyl (C=O) groups excluding carboxylic acids is 2. The van der Waals surface area contributed by atoms with E-state index in [-0.39, 0.29) is 17.2 Å². The van der Waals surface area contributed by atoms with Gasteiger partial charge < -0.3 is 9.80 Å². The second kappa shape index (κ2) is 40.7. The number of benzene rings is 1. The lowest BCUT2D eigenvalue weighted by molar-refractivity contribution is -0.114. The van der Waals surface area contributed by atoms with Gasteiger partial charge >= 0.3 is 0 Å². The minimum atomic E-state index is 0.0793. The molecular weight excluding hydrogens is 1060 g/mol. The van der Waals surface area contributed by atoms with Gasteiger partial charge in [0.1, 0.15) is 0 Å². The van der Waals surface area contributed by atoms with E-state index >= 15 is 9.59 Å². The van der Waals surface area contributed by atoms with Crippen LogP contribution in [0.25, 0.3) is 20.9 Å². The Morgan fingerprint density at radius 1 is 0.439 bits per heavy atom. The zero-order chi connectivity index (χ0) is 58.8. The average Bonchev–Trinajstić information content (AvgIpc) is 2.22. The van der Waals surface area contributed by atoms with Gasteiger partial charge in [-0.05, 0) is 85.8 Å². The van der Waals surface area contributed by atoms with Crippen molar-refractivity contribution in [3.05, 3.63) is 67.6 Å². The molecule has 0 N–H and O–H groups in total. The summed E-state index contributed by atoms with van der Waals surface area (Å²) in [6.45, 7) is 19.8. The minimum Gasteiger partial charge on any atom is -0.307 e. The molecule has 82 heavy (non-hydrogen) atoms. The molecule has 7 heteroatoms. The van der Waals surface area contributed by atoms with Gasteiger partial charge in [0.25, 0.3) is 11.8 Å². The number of rotatable bonds is 49. The molecule has 0 saturated heterocycles. The van der Waals surface area contributed by atoms with Gasteiger partial charge in [0.2, 0.25) is 0 Å². The van der Waals surface area contributed by atoms with Gasteiger partial charge in [0.15, 0.2) is 0 Å². The van der Waals surface area contributed by atoms with Crippen LogP contribution in [0.4, 0.5) is 11.4 Å². The number of hydrogen-bond donors (Lipinski definition) is 1. The quantitative estimate of drug-likeness (QED) is 0.0452. The molecule has 2 unspecified atom stereocenters. The molecule has 4 heterocycles. The number of hydrogen-bond acceptors (Lipinski definition) is 5. The number of anilines is 2. The van der Waals surface area contributed by atoms with Crippen molar-refractivity contribution in [1.82, 2.24) is 0 Å². The third-order valence-electron chi connectivity index (χ3n) is 18.2. The number of nitrogens with zero attached hydrogens (tertiary/aromatic N) is 2. The zero-order valence-corrected chi connectivity index (χ0v) is 56.8. The summed E-state index contributed by atoms with van der Waals surface area (Å²) in [5.74, 6) is 1.08. The molecule has 2 atom stereocenters. The minimum absolute atomic E-state index is 0.0793. The molecule has 0 saturated carbocycles. The highest BCUT2D eigenvalue weighted by atomic mass is 32.1. The fourth-order valence-electron chi connectivity index (χ4n) is 13.0. The van der Waals surface area contributed by atoms with Gasteiger partial charge in [-0.15, -0.1) is 35.3 Å². The summed E-state index contributed by atoms with van der Waals surface area (Å²) in [4.78, 5) is 41.2. The highest BCUT2D eigenvalue weighted by molar-refractivity contribution is 7.85. The van der Waals surface area contributed by atoms with Crippen molar-refractivity contribution in [1.29, 1.82) is 0 Å². The second-order valence-electron chi connectivity index (χ2n) is 26.6. The molecule has 0 aliphatic carbocycles. The summed E-state index contributed by atoms with van der Waals surface area (Å²) >= 11 is 8.84. The second-order valence-corrected chi connectivity index (χ2v) is 29.3. The lowest BCUT2D eigenvalue weighted by Crippen LogP contribution is -2.35. The number of thiol groups is 1. The molecule has 462 valence electrons. The van der Waals surface area contributed by atoms with Crippen LogP contribution < -0.4 is 20.2 Å². The smallest absolute Gasteiger partial charge is 0.260 e. The van der Waals surface area contributed by atoms with Crippen molar-refractivity contribution in [3.8, 4) is 9.75 Å². The topological polar surface area (TPSA) is 40.6 Å². The van der Waals surface area contributed by atoms with E-state index in [1.165, 1.54) is 246 Å². The number of fused-ring (bicyclic) bond motifs is 2. The molecule has 0 fully saturated rings. The molecule has 1 aromatic carbocycles. The van der Waals surface area contributed by atoms with E-state index in [1.807, 2.05) is 11.3 Å². The standard InChI is InChI=1S/C75H122N2O2S3/c1-9-14-19-23-27-31-33-37-41-45-48-60(47-43-39-35-29-25-21-16-11-3)58-76-64-57-63-65(56-62(64)71(73(76)78)66(80)51-18-13-5)77(74(79)72(63)69-53-52-67(81-69)68-54-55-70(82-68)75(6,7)8)59-61(49-44-40-36-30-26-22-17-12-4)50-46-42-38-34-32-28-24-20-15-10-2/h51-57,60-61,80H,9-50,58-59H2,1-8H3/b66-51-. The molecule has 4 nitrogen and oxygen atoms in total. The predicted molar refractivity (Wildman–Crippen MR) is 369 cm³/mol. The van der Waals surface area contributed by atoms with E-state index in [9.17, 15) is 0 Å². The molecule has 2 aromatic heterocycles. The molecule has 3 aromatic rings. The summed E-state index contributed by atoms with van der Waals surface area (Å²) in [5, 5.41) is 1.98. The predicted octanol–water partition coefficient (Wildman–Crippen LogP) is 23.3. The fraction of sp³-hybridized carbons (Fsp3) is 0.733. The molecule has 2 amide bonds. The van der Waals surface area contributed by atoms with E-state index in [4.69, 9.17) is 12.6 Å². The van der Waals surface area contributed by atoms with Crippen LogP contribution in [-0.2, 0) is 15.0 Å². The highest BCUT2D eigenvalue weighted by Gasteiger charge is 2.38. The first-order valence-corrected chi connectivity index (χ1v) is 37.2. The maximum absolute atomic E-state index is 15.7. The number of thiophene rings is 2. The first-order valence-electron chi connectivity index (χ1n) is 35.1. The number of amides is 2. The van der Waals surface area contributed by atoms with Gasteiger partial charge in [0, 0.05) is 47.9 Å². The summed E-state index contributed by atoms with van der Waals surface area (Å²) in [6, 6.07) is 13.6. The van der Waals surface area contributed by atoms with Crippen LogP contribution in [0.2, 0.25) is 0 Å². The van der Waals surface area contributed by atoms with E-state index in [1.54, 1.807) is 11.3 Å². The largest absolute Gasteiger partial charge is 0.307 e. The Kier molecular flexibility index (Phi) is 34.8. The Labute approximate surface area is 518 Å². The first-order chi connectivity index (χ1) is 40.0. The van der Waals surface area contributed by atoms with Crippen LogP contribution >= 0.6 is 35.3 Å². The molecule has 0 bridgehead atoms. The summed E-state index contributed by atoms with van der Waals surface area (Å²) in [7, 11) is 0. The molecule has 5 rings (SSSR count). The van der Waals surface area contributed by atoms with Gasteiger partial charge in [0.05, 0.1) is 22.5 Å². The van der Waals surface area contributed by atoms with Crippen molar-refractivity contribution < 1.29 is 9.59 Å². The van der Waals surface area contributed by atoms with Crippen molar-refractivity contribution in [2.45, 2.75) is 330 Å². The summed E-state index contributed by atoms with van der Waals surface area (Å²) < 4.78 is 0. The highest BCUT2D eigenvalue weighted by Crippen LogP contribution is 2.41. The van der Waals surface area contributed by atoms with Gasteiger partial charge in [-0.2, -0.15) is 0 Å². The van der Waals surface area contributed by atoms with Gasteiger partial charge in [-0.25, -0.2) is 0 Å². The van der Waals surface area contributed by atoms with E-state index < -0.39 is 0 Å². The SMILES string of the molecule is CCC/C=C(\S)C1=c2cc3c(cc2N(CC(CCCCCCCCCC)CCCCCCCCCCCC)C1=O)=C(c1ccc(-c2ccc(C(C)(C)C)s2)s1)C(=O)N3CC(CCCCCCCCCC)CCCCCCCCCCCC. The van der Waals surface area contributed by atoms with E-state index in [0.717, 1.165) is 94.4 Å². The lowest BCUT2D eigenvalue weighted by Gasteiger charge is -2.27. The third kappa shape index (κ3) is 23.9. The maximum atomic E-state index is 15.7. The van der Waals surface area contributed by atoms with Crippen molar-refractivity contribution in [3.63, 3.8) is 0 Å². The Morgan fingerprint density at radius 2 is 0.780 bits per heavy atom. The monoisotopic (exact) mass is 1180 g/mol. The first kappa shape index (κ1) is 70.2. The summed E-state index contributed by atoms with van der Waals surface area (Å²) in [6.07, 6.45) is 56.4. The van der Waals surface area contributed by atoms with Crippen LogP contribution in [-0.4, -0.2) is 24.9 Å². The Bertz CT molecular complexity index is 2400. The van der Waals surface area contributed by atoms with Gasteiger partial charge in [-0.3, -0.25) is 9.59 Å². The van der Waals surface area contributed by atoms with Crippen LogP contribution in [0.5, 0.6) is 0 Å². The molecule has 0 spiro atoms. The molecular formula is C75H122N2O2S3. The van der Waals surface area contributed by atoms with Crippen LogP contribution in [0.1, 0.15) is 335 Å². The van der Waals surface area contributed by atoms with Crippen molar-refractivity contribution >= 4 is 69.6 Å². The van der Waals surface area contributed by atoms with E-state index in [2.05, 4.69) is 108 Å². The summed E-state index contributed by atoms with van der Waals surface area (Å²) in [5.41, 5.74) is 3.61. The Balaban J connectivity index is 1.51. The zero-order valence-electron chi connectivity index (χ0n) is 54.3. The average molecular weight is 1180 g/mol. The Morgan fingerprint density at radius 3 is 1.17 bits per heavy atom. The van der Waals surface area contributed by atoms with Gasteiger partial charge in [-0.1, -0.05) is 299 Å². The number of allylic oxidation sites excluding steroid dienone is 1. The van der Waals surface area contributed by atoms with Crippen LogP contribution in [0.3, 0.4) is 0 Å². The third-order valence-corrected chi connectivity index (χ3v) is 21.4. The Hall–Kier alpha value is -2.61. The molecule has 2 aliphatic heterocycles. The molecule has 0 radical (unpaired) electrons. The normalized spacial score (nSPS) is 14.5. The maximum Gasteiger partial charge on any atom is 0.260 e. The number of carbonyl (C=O) groups is 2. The lowest BCUT2D eigenvalue weighted by atomic mass is 9.93. The van der Waals surface area contributed by atoms with Crippen molar-refractivity contribution in [2.75, 3.05) is 22.9 Å². The van der Waals surface area contributed by atoms with E-state index in [0.29, 0.717) is 11.8 Å². The van der Waals surface area contributed by atoms with Crippen LogP contribution in [0.15, 0.2) is 47.4 Å². The van der Waals surface area contributed by atoms with Crippen molar-refractivity contribution in [2.24, 2.45) is 11.8 Å². The molecule has 2 aliphatic rings.